The molecule has 0 radical (unpaired) electrons. The summed E-state index contributed by atoms with van der Waals surface area (Å²) < 4.78 is 83.6. The van der Waals surface area contributed by atoms with Crippen molar-refractivity contribution in [1.29, 1.82) is 0 Å². The lowest BCUT2D eigenvalue weighted by molar-refractivity contribution is -0.300. The molecule has 0 amide bonds. The molecule has 90 valence electrons. The van der Waals surface area contributed by atoms with Crippen LogP contribution in [0, 0.1) is 0 Å². The van der Waals surface area contributed by atoms with Crippen LogP contribution in [0.1, 0.15) is 12.8 Å². The zero-order valence-electron chi connectivity index (χ0n) is 6.85. The maximum Gasteiger partial charge on any atom is 0.453 e. The maximum atomic E-state index is 12.4. The molecule has 0 fully saturated rings. The van der Waals surface area contributed by atoms with E-state index in [-0.39, 0.29) is 0 Å². The molecule has 0 aromatic rings. The highest BCUT2D eigenvalue weighted by Crippen LogP contribution is 2.43. The van der Waals surface area contributed by atoms with E-state index in [0.717, 1.165) is 0 Å². The number of rotatable bonds is 4. The van der Waals surface area contributed by atoms with Crippen molar-refractivity contribution in [2.24, 2.45) is 0 Å². The number of carbonyl (C=O) groups is 1. The lowest BCUT2D eigenvalue weighted by Crippen LogP contribution is -2.42. The predicted octanol–water partition coefficient (Wildman–Crippen LogP) is 3.36. The second-order valence-electron chi connectivity index (χ2n) is 2.77. The highest BCUT2D eigenvalue weighted by Gasteiger charge is 2.61. The molecular formula is C6H4ClF7O. The Labute approximate surface area is 84.2 Å². The first-order valence-electron chi connectivity index (χ1n) is 3.38. The average molecular weight is 261 g/mol. The van der Waals surface area contributed by atoms with Gasteiger partial charge < -0.3 is 0 Å². The topological polar surface area (TPSA) is 17.1 Å². The zero-order valence-corrected chi connectivity index (χ0v) is 7.60. The number of hydrogen-bond acceptors (Lipinski definition) is 1. The quantitative estimate of drug-likeness (QED) is 0.559. The summed E-state index contributed by atoms with van der Waals surface area (Å²) in [7, 11) is 0. The van der Waals surface area contributed by atoms with E-state index >= 15 is 0 Å². The minimum atomic E-state index is -6.08. The molecule has 0 saturated carbocycles. The standard InChI is InChI=1S/C6H4ClF7O/c7-3(15)1-4(8,9)2-5(10,11)6(12,13)14/h1-2H2. The fourth-order valence-corrected chi connectivity index (χ4v) is 0.886. The van der Waals surface area contributed by atoms with E-state index in [4.69, 9.17) is 0 Å². The zero-order chi connectivity index (χ0) is 12.5. The van der Waals surface area contributed by atoms with Gasteiger partial charge >= 0.3 is 12.1 Å². The lowest BCUT2D eigenvalue weighted by atomic mass is 10.1. The van der Waals surface area contributed by atoms with Crippen molar-refractivity contribution in [2.75, 3.05) is 0 Å². The van der Waals surface area contributed by atoms with E-state index in [2.05, 4.69) is 11.6 Å². The molecule has 0 unspecified atom stereocenters. The summed E-state index contributed by atoms with van der Waals surface area (Å²) in [6, 6.07) is 0. The number of hydrogen-bond donors (Lipinski definition) is 0. The molecule has 1 nitrogen and oxygen atoms in total. The van der Waals surface area contributed by atoms with Gasteiger partial charge in [0, 0.05) is 0 Å². The predicted molar refractivity (Wildman–Crippen MR) is 36.0 cm³/mol. The van der Waals surface area contributed by atoms with Crippen molar-refractivity contribution < 1.29 is 35.5 Å². The Morgan fingerprint density at radius 2 is 1.40 bits per heavy atom. The molecule has 0 aliphatic heterocycles. The number of halogens is 8. The fraction of sp³-hybridized carbons (Fsp3) is 0.833. The largest absolute Gasteiger partial charge is 0.453 e. The minimum Gasteiger partial charge on any atom is -0.281 e. The molecule has 0 aromatic heterocycles. The molecule has 0 bridgehead atoms. The van der Waals surface area contributed by atoms with Gasteiger partial charge in [-0.2, -0.15) is 22.0 Å². The summed E-state index contributed by atoms with van der Waals surface area (Å²) in [5, 5.41) is -1.68. The first kappa shape index (κ1) is 14.5. The van der Waals surface area contributed by atoms with Gasteiger partial charge in [0.15, 0.2) is 0 Å². The second-order valence-corrected chi connectivity index (χ2v) is 3.19. The highest BCUT2D eigenvalue weighted by molar-refractivity contribution is 6.63. The van der Waals surface area contributed by atoms with Crippen LogP contribution in [0.15, 0.2) is 0 Å². The van der Waals surface area contributed by atoms with Crippen molar-refractivity contribution >= 4 is 16.8 Å². The van der Waals surface area contributed by atoms with Crippen LogP contribution in [0.4, 0.5) is 30.7 Å². The van der Waals surface area contributed by atoms with Crippen LogP contribution >= 0.6 is 11.6 Å². The molecule has 0 atom stereocenters. The van der Waals surface area contributed by atoms with E-state index in [0.29, 0.717) is 0 Å². The highest BCUT2D eigenvalue weighted by atomic mass is 35.5. The van der Waals surface area contributed by atoms with E-state index in [1.807, 2.05) is 0 Å². The molecule has 15 heavy (non-hydrogen) atoms. The summed E-state index contributed by atoms with van der Waals surface area (Å²) >= 11 is 4.46. The monoisotopic (exact) mass is 260 g/mol. The van der Waals surface area contributed by atoms with Crippen molar-refractivity contribution in [3.05, 3.63) is 0 Å². The third-order valence-corrected chi connectivity index (χ3v) is 1.43. The fourth-order valence-electron chi connectivity index (χ4n) is 0.691. The third-order valence-electron chi connectivity index (χ3n) is 1.29. The van der Waals surface area contributed by atoms with Gasteiger partial charge in [-0.05, 0) is 11.6 Å². The van der Waals surface area contributed by atoms with Crippen LogP contribution in [-0.4, -0.2) is 23.3 Å². The van der Waals surface area contributed by atoms with Gasteiger partial charge in [-0.3, -0.25) is 4.79 Å². The van der Waals surface area contributed by atoms with Gasteiger partial charge in [0.05, 0.1) is 12.8 Å². The lowest BCUT2D eigenvalue weighted by Gasteiger charge is -2.23. The van der Waals surface area contributed by atoms with Crippen LogP contribution in [-0.2, 0) is 4.79 Å². The Morgan fingerprint density at radius 3 is 1.67 bits per heavy atom. The molecule has 0 N–H and O–H groups in total. The van der Waals surface area contributed by atoms with Crippen LogP contribution < -0.4 is 0 Å². The third kappa shape index (κ3) is 4.67. The molecule has 9 heteroatoms. The smallest absolute Gasteiger partial charge is 0.281 e. The van der Waals surface area contributed by atoms with Crippen molar-refractivity contribution in [3.63, 3.8) is 0 Å². The van der Waals surface area contributed by atoms with Crippen molar-refractivity contribution in [1.82, 2.24) is 0 Å². The normalized spacial score (nSPS) is 14.1. The molecule has 0 spiro atoms. The second kappa shape index (κ2) is 4.15. The average Bonchev–Trinajstić information content (AvgIpc) is 1.75. The Bertz CT molecular complexity index is 246. The van der Waals surface area contributed by atoms with Gasteiger partial charge in [-0.1, -0.05) is 0 Å². The van der Waals surface area contributed by atoms with Gasteiger partial charge in [0.25, 0.3) is 5.92 Å². The van der Waals surface area contributed by atoms with Gasteiger partial charge in [-0.15, -0.1) is 0 Å². The van der Waals surface area contributed by atoms with Crippen LogP contribution in [0.2, 0.25) is 0 Å². The van der Waals surface area contributed by atoms with E-state index < -0.39 is 36.1 Å². The van der Waals surface area contributed by atoms with Gasteiger partial charge in [0.1, 0.15) is 0 Å². The van der Waals surface area contributed by atoms with Crippen LogP contribution in [0.3, 0.4) is 0 Å². The molecule has 0 aliphatic carbocycles. The Hall–Kier alpha value is -0.530. The summed E-state index contributed by atoms with van der Waals surface area (Å²) in [4.78, 5) is 9.95. The summed E-state index contributed by atoms with van der Waals surface area (Å²) in [5.74, 6) is -10.0. The van der Waals surface area contributed by atoms with Crippen molar-refractivity contribution in [3.8, 4) is 0 Å². The van der Waals surface area contributed by atoms with Crippen LogP contribution in [0.25, 0.3) is 0 Å². The summed E-state index contributed by atoms with van der Waals surface area (Å²) in [5.41, 5.74) is 0. The Kier molecular flexibility index (Phi) is 4.00. The molecule has 0 saturated heterocycles. The molecule has 0 rings (SSSR count). The number of carbonyl (C=O) groups excluding carboxylic acids is 1. The van der Waals surface area contributed by atoms with Gasteiger partial charge in [-0.25, -0.2) is 8.78 Å². The molecule has 0 aromatic carbocycles. The van der Waals surface area contributed by atoms with Crippen LogP contribution in [0.5, 0.6) is 0 Å². The summed E-state index contributed by atoms with van der Waals surface area (Å²) in [6.07, 6.45) is -10.7. The Morgan fingerprint density at radius 1 is 1.00 bits per heavy atom. The Balaban J connectivity index is 4.64. The maximum absolute atomic E-state index is 12.4. The summed E-state index contributed by atoms with van der Waals surface area (Å²) in [6.45, 7) is 0. The number of alkyl halides is 7. The first-order chi connectivity index (χ1) is 6.37. The van der Waals surface area contributed by atoms with E-state index in [1.54, 1.807) is 0 Å². The molecular weight excluding hydrogens is 257 g/mol. The van der Waals surface area contributed by atoms with E-state index in [1.165, 1.54) is 0 Å². The first-order valence-corrected chi connectivity index (χ1v) is 3.76. The van der Waals surface area contributed by atoms with Crippen molar-refractivity contribution in [2.45, 2.75) is 30.9 Å². The van der Waals surface area contributed by atoms with E-state index in [9.17, 15) is 35.5 Å². The molecule has 0 aliphatic rings. The van der Waals surface area contributed by atoms with Gasteiger partial charge in [0.2, 0.25) is 5.24 Å². The minimum absolute atomic E-state index is 1.68. The molecule has 0 heterocycles. The SMILES string of the molecule is O=C(Cl)CC(F)(F)CC(F)(F)C(F)(F)F.